The van der Waals surface area contributed by atoms with E-state index in [0.29, 0.717) is 18.4 Å². The van der Waals surface area contributed by atoms with E-state index in [4.69, 9.17) is 14.2 Å². The van der Waals surface area contributed by atoms with Gasteiger partial charge in [0.1, 0.15) is 23.3 Å². The minimum absolute atomic E-state index is 0.0268. The molecule has 1 saturated heterocycles. The van der Waals surface area contributed by atoms with Crippen molar-refractivity contribution in [3.63, 3.8) is 0 Å². The molecule has 52 heavy (non-hydrogen) atoms. The van der Waals surface area contributed by atoms with E-state index in [1.807, 2.05) is 0 Å². The minimum atomic E-state index is -6.17. The summed E-state index contributed by atoms with van der Waals surface area (Å²) >= 11 is -0.0268. The van der Waals surface area contributed by atoms with Gasteiger partial charge in [-0.1, -0.05) is 12.1 Å². The first kappa shape index (κ1) is 39.8. The van der Waals surface area contributed by atoms with E-state index in [-0.39, 0.29) is 56.2 Å². The number of ether oxygens (including phenoxy) is 4. The molecule has 2 unspecified atom stereocenters. The number of aliphatic hydroxyl groups is 4. The van der Waals surface area contributed by atoms with Crippen LogP contribution in [0.25, 0.3) is 0 Å². The van der Waals surface area contributed by atoms with Gasteiger partial charge in [-0.2, -0.15) is 35.1 Å². The molecule has 0 amide bonds. The summed E-state index contributed by atoms with van der Waals surface area (Å²) in [5.41, 5.74) is -4.67. The summed E-state index contributed by atoms with van der Waals surface area (Å²) in [6, 6.07) is 5.78. The Kier molecular flexibility index (Phi) is 11.3. The van der Waals surface area contributed by atoms with E-state index in [2.05, 4.69) is 14.7 Å². The van der Waals surface area contributed by atoms with Gasteiger partial charge in [-0.3, -0.25) is 0 Å². The summed E-state index contributed by atoms with van der Waals surface area (Å²) in [7, 11) is 5.16. The van der Waals surface area contributed by atoms with Gasteiger partial charge in [0.2, 0.25) is 5.88 Å². The Bertz CT molecular complexity index is 1650. The molecule has 4 N–H and O–H groups in total. The van der Waals surface area contributed by atoms with Crippen LogP contribution in [0.1, 0.15) is 39.8 Å². The fourth-order valence-corrected chi connectivity index (χ4v) is 6.91. The van der Waals surface area contributed by atoms with Crippen molar-refractivity contribution < 1.29 is 79.0 Å². The maximum atomic E-state index is 13.7. The quantitative estimate of drug-likeness (QED) is 0.147. The summed E-state index contributed by atoms with van der Waals surface area (Å²) in [5.74, 6) is -1.55. The summed E-state index contributed by atoms with van der Waals surface area (Å²) in [5, 5.41) is 39.2. The van der Waals surface area contributed by atoms with Crippen LogP contribution >= 0.6 is 11.3 Å². The van der Waals surface area contributed by atoms with E-state index in [0.717, 1.165) is 12.3 Å². The average Bonchev–Trinajstić information content (AvgIpc) is 3.72. The number of quaternary nitrogens is 1. The standard InChI is InChI=1S/C32H36F8N3O8S/c1-43(2,3)24-26(46)25(45)21(14-44)49-27(24)51-23-9-4-15(12-41-23)10-18(16-5-8-19(50-29(33)34)20(11-16)48-17-6-7-17)22-13-42-28(52-22)30(47,31(35,36)37)32(38,39)40/h4-5,8-9,11-13,17-18,21,24-27,29,44-47H,6-7,10,14H2,1-3H3/q+1/t18-,21?,24+,25+,26?,27-/m0/s1. The van der Waals surface area contributed by atoms with E-state index >= 15 is 0 Å². The van der Waals surface area contributed by atoms with Crippen molar-refractivity contribution in [1.82, 2.24) is 9.97 Å². The number of benzene rings is 1. The normalized spacial score (nSPS) is 23.8. The van der Waals surface area contributed by atoms with Crippen molar-refractivity contribution in [2.45, 2.75) is 86.5 Å². The molecule has 0 bridgehead atoms. The molecule has 1 aromatic carbocycles. The number of halogens is 8. The maximum absolute atomic E-state index is 13.7. The summed E-state index contributed by atoms with van der Waals surface area (Å²) in [4.78, 5) is 7.45. The van der Waals surface area contributed by atoms with Gasteiger partial charge >= 0.3 is 24.6 Å². The van der Waals surface area contributed by atoms with Gasteiger partial charge in [0.05, 0.1) is 33.9 Å². The number of pyridine rings is 1. The summed E-state index contributed by atoms with van der Waals surface area (Å²) in [6.45, 7) is -3.85. The molecule has 20 heteroatoms. The van der Waals surface area contributed by atoms with Crippen LogP contribution in [0.4, 0.5) is 35.1 Å². The van der Waals surface area contributed by atoms with Crippen LogP contribution in [0.5, 0.6) is 17.4 Å². The first-order valence-electron chi connectivity index (χ1n) is 15.8. The number of hydrogen-bond donors (Lipinski definition) is 4. The summed E-state index contributed by atoms with van der Waals surface area (Å²) in [6.07, 6.45) is -14.6. The molecular formula is C32H36F8N3O8S+. The number of aromatic nitrogens is 2. The van der Waals surface area contributed by atoms with E-state index in [1.165, 1.54) is 30.5 Å². The van der Waals surface area contributed by atoms with Crippen molar-refractivity contribution in [3.05, 3.63) is 63.7 Å². The predicted octanol–water partition coefficient (Wildman–Crippen LogP) is 4.26. The molecule has 288 valence electrons. The first-order chi connectivity index (χ1) is 24.1. The van der Waals surface area contributed by atoms with Crippen LogP contribution < -0.4 is 14.2 Å². The molecule has 1 aliphatic heterocycles. The van der Waals surface area contributed by atoms with Gasteiger partial charge in [-0.05, 0) is 42.5 Å². The average molecular weight is 775 g/mol. The van der Waals surface area contributed by atoms with Crippen LogP contribution in [0.2, 0.25) is 0 Å². The Morgan fingerprint density at radius 1 is 0.923 bits per heavy atom. The van der Waals surface area contributed by atoms with Crippen LogP contribution in [0, 0.1) is 0 Å². The zero-order chi connectivity index (χ0) is 38.4. The lowest BCUT2D eigenvalue weighted by molar-refractivity contribution is -0.909. The molecule has 3 aromatic rings. The predicted molar refractivity (Wildman–Crippen MR) is 165 cm³/mol. The van der Waals surface area contributed by atoms with Crippen molar-refractivity contribution in [1.29, 1.82) is 0 Å². The molecule has 5 rings (SSSR count). The Morgan fingerprint density at radius 2 is 1.60 bits per heavy atom. The first-order valence-corrected chi connectivity index (χ1v) is 16.6. The molecule has 0 spiro atoms. The molecule has 2 aromatic heterocycles. The Morgan fingerprint density at radius 3 is 2.13 bits per heavy atom. The highest BCUT2D eigenvalue weighted by Crippen LogP contribution is 2.52. The highest BCUT2D eigenvalue weighted by atomic mass is 32.1. The molecule has 2 fully saturated rings. The fraction of sp³-hybridized carbons (Fsp3) is 0.562. The van der Waals surface area contributed by atoms with Gasteiger partial charge in [0.15, 0.2) is 17.5 Å². The van der Waals surface area contributed by atoms with E-state index in [1.54, 1.807) is 21.1 Å². The van der Waals surface area contributed by atoms with E-state index in [9.17, 15) is 55.5 Å². The van der Waals surface area contributed by atoms with Gasteiger partial charge in [-0.25, -0.2) is 9.97 Å². The second kappa shape index (κ2) is 14.8. The van der Waals surface area contributed by atoms with Crippen LogP contribution in [0.15, 0.2) is 42.7 Å². The molecular weight excluding hydrogens is 738 g/mol. The Hall–Kier alpha value is -3.40. The second-order valence-electron chi connectivity index (χ2n) is 13.4. The molecule has 1 saturated carbocycles. The van der Waals surface area contributed by atoms with E-state index < -0.39 is 72.7 Å². The highest BCUT2D eigenvalue weighted by molar-refractivity contribution is 7.11. The van der Waals surface area contributed by atoms with Crippen LogP contribution in [0.3, 0.4) is 0 Å². The molecule has 2 aliphatic rings. The zero-order valence-electron chi connectivity index (χ0n) is 27.7. The van der Waals surface area contributed by atoms with Crippen molar-refractivity contribution in [3.8, 4) is 17.4 Å². The number of rotatable bonds is 13. The topological polar surface area (TPSA) is 144 Å². The van der Waals surface area contributed by atoms with Crippen LogP contribution in [-0.4, -0.2) is 118 Å². The third-order valence-electron chi connectivity index (χ3n) is 8.62. The summed E-state index contributed by atoms with van der Waals surface area (Å²) < 4.78 is 131. The maximum Gasteiger partial charge on any atom is 0.433 e. The highest BCUT2D eigenvalue weighted by Gasteiger charge is 2.73. The number of thiazole rings is 1. The van der Waals surface area contributed by atoms with Gasteiger partial charge in [0.25, 0.3) is 6.29 Å². The van der Waals surface area contributed by atoms with Gasteiger partial charge in [-0.15, -0.1) is 11.3 Å². The fourth-order valence-electron chi connectivity index (χ4n) is 5.74. The van der Waals surface area contributed by atoms with Gasteiger partial charge in [0, 0.05) is 29.3 Å². The molecule has 1 aliphatic carbocycles. The minimum Gasteiger partial charge on any atom is -0.487 e. The van der Waals surface area contributed by atoms with Crippen molar-refractivity contribution >= 4 is 11.3 Å². The lowest BCUT2D eigenvalue weighted by atomic mass is 9.91. The van der Waals surface area contributed by atoms with Crippen molar-refractivity contribution in [2.75, 3.05) is 27.7 Å². The van der Waals surface area contributed by atoms with Gasteiger partial charge < -0.3 is 43.9 Å². The largest absolute Gasteiger partial charge is 0.487 e. The Balaban J connectivity index is 1.49. The lowest BCUT2D eigenvalue weighted by Crippen LogP contribution is -2.69. The number of likely N-dealkylation sites (N-methyl/N-ethyl adjacent to an activating group) is 1. The molecule has 6 atom stereocenters. The number of hydrogen-bond acceptors (Lipinski definition) is 11. The van der Waals surface area contributed by atoms with Crippen molar-refractivity contribution in [2.24, 2.45) is 0 Å². The monoisotopic (exact) mass is 774 g/mol. The van der Waals surface area contributed by atoms with Crippen LogP contribution in [-0.2, 0) is 16.8 Å². The smallest absolute Gasteiger partial charge is 0.433 e. The zero-order valence-corrected chi connectivity index (χ0v) is 28.5. The third-order valence-corrected chi connectivity index (χ3v) is 9.84. The Labute approximate surface area is 295 Å². The SMILES string of the molecule is C[N+](C)(C)[C@@H]1C(O)[C@H](O)C(CO)O[C@H]1Oc1ccc(C[C@@H](c2ccc(OC(F)F)c(OC3CC3)c2)c2cnc(C(O)(C(F)(F)F)C(F)(F)F)s2)cn1. The number of nitrogens with zero attached hydrogens (tertiary/aromatic N) is 3. The second-order valence-corrected chi connectivity index (χ2v) is 14.4. The third kappa shape index (κ3) is 8.37. The molecule has 3 heterocycles. The number of aliphatic hydroxyl groups excluding tert-OH is 3. The molecule has 0 radical (unpaired) electrons. The lowest BCUT2D eigenvalue weighted by Gasteiger charge is -2.47. The molecule has 11 nitrogen and oxygen atoms in total. The number of alkyl halides is 8.